The normalized spacial score (nSPS) is 17.3. The topological polar surface area (TPSA) is 42.2 Å². The van der Waals surface area contributed by atoms with Crippen molar-refractivity contribution in [3.63, 3.8) is 0 Å². The van der Waals surface area contributed by atoms with Crippen molar-refractivity contribution in [1.82, 2.24) is 9.88 Å². The summed E-state index contributed by atoms with van der Waals surface area (Å²) in [4.78, 5) is 8.76. The molecule has 1 aliphatic rings. The van der Waals surface area contributed by atoms with Gasteiger partial charge >= 0.3 is 0 Å². The zero-order valence-electron chi connectivity index (χ0n) is 11.7. The Hall–Kier alpha value is -0.520. The third-order valence-electron chi connectivity index (χ3n) is 3.64. The largest absolute Gasteiger partial charge is 0.389 e. The molecule has 2 rings (SSSR count). The number of hydrogen-bond donors (Lipinski definition) is 1. The third kappa shape index (κ3) is 4.23. The van der Waals surface area contributed by atoms with E-state index in [0.717, 1.165) is 30.0 Å². The predicted molar refractivity (Wildman–Crippen MR) is 86.0 cm³/mol. The first kappa shape index (κ1) is 14.9. The molecule has 1 aromatic rings. The van der Waals surface area contributed by atoms with E-state index in [9.17, 15) is 0 Å². The molecule has 0 saturated carbocycles. The summed E-state index contributed by atoms with van der Waals surface area (Å²) >= 11 is 6.78. The van der Waals surface area contributed by atoms with Gasteiger partial charge in [-0.15, -0.1) is 11.3 Å². The Morgan fingerprint density at radius 2 is 2.00 bits per heavy atom. The second kappa shape index (κ2) is 7.31. The first-order chi connectivity index (χ1) is 9.20. The molecule has 0 spiro atoms. The monoisotopic (exact) mass is 297 g/mol. The van der Waals surface area contributed by atoms with E-state index in [-0.39, 0.29) is 0 Å². The number of aromatic nitrogens is 1. The Morgan fingerprint density at radius 1 is 1.32 bits per heavy atom. The predicted octanol–water partition coefficient (Wildman–Crippen LogP) is 2.76. The molecular weight excluding hydrogens is 274 g/mol. The lowest BCUT2D eigenvalue weighted by molar-refractivity contribution is 0.288. The number of aryl methyl sites for hydroxylation is 1. The lowest BCUT2D eigenvalue weighted by Crippen LogP contribution is -2.26. The third-order valence-corrected chi connectivity index (χ3v) is 5.16. The van der Waals surface area contributed by atoms with Crippen LogP contribution in [0.5, 0.6) is 0 Å². The van der Waals surface area contributed by atoms with E-state index in [1.54, 1.807) is 11.3 Å². The lowest BCUT2D eigenvalue weighted by Gasteiger charge is -2.18. The first-order valence-corrected chi connectivity index (χ1v) is 8.44. The van der Waals surface area contributed by atoms with Gasteiger partial charge in [-0.05, 0) is 32.4 Å². The molecule has 0 radical (unpaired) electrons. The van der Waals surface area contributed by atoms with Crippen LogP contribution >= 0.6 is 23.6 Å². The van der Waals surface area contributed by atoms with Crippen molar-refractivity contribution < 1.29 is 0 Å². The van der Waals surface area contributed by atoms with Gasteiger partial charge < -0.3 is 10.6 Å². The number of hydrogen-bond acceptors (Lipinski definition) is 4. The summed E-state index contributed by atoms with van der Waals surface area (Å²) in [7, 11) is 0. The lowest BCUT2D eigenvalue weighted by atomic mass is 10.2. The van der Waals surface area contributed by atoms with Crippen molar-refractivity contribution in [2.75, 3.05) is 19.6 Å². The SMILES string of the molecule is CCc1nc(CCN2CCCCCC2)sc1C(N)=S. The van der Waals surface area contributed by atoms with Gasteiger partial charge in [0.2, 0.25) is 0 Å². The number of thiazole rings is 1. The highest BCUT2D eigenvalue weighted by atomic mass is 32.1. The smallest absolute Gasteiger partial charge is 0.116 e. The minimum atomic E-state index is 0.496. The van der Waals surface area contributed by atoms with Crippen LogP contribution in [0.1, 0.15) is 48.2 Å². The molecule has 1 aliphatic heterocycles. The molecule has 2 heterocycles. The molecule has 1 saturated heterocycles. The molecule has 1 aromatic heterocycles. The summed E-state index contributed by atoms with van der Waals surface area (Å²) in [6, 6.07) is 0. The maximum absolute atomic E-state index is 5.75. The maximum atomic E-state index is 5.75. The Bertz CT molecular complexity index is 420. The Kier molecular flexibility index (Phi) is 5.73. The molecule has 0 aliphatic carbocycles. The van der Waals surface area contributed by atoms with E-state index >= 15 is 0 Å². The molecular formula is C14H23N3S2. The number of likely N-dealkylation sites (tertiary alicyclic amines) is 1. The van der Waals surface area contributed by atoms with Gasteiger partial charge in [0.05, 0.1) is 15.6 Å². The van der Waals surface area contributed by atoms with E-state index in [2.05, 4.69) is 16.8 Å². The van der Waals surface area contributed by atoms with E-state index in [1.165, 1.54) is 43.8 Å². The van der Waals surface area contributed by atoms with Crippen LogP contribution in [-0.2, 0) is 12.8 Å². The van der Waals surface area contributed by atoms with Gasteiger partial charge in [0.15, 0.2) is 0 Å². The standard InChI is InChI=1S/C14H23N3S2/c1-2-11-13(14(15)18)19-12(16-11)7-10-17-8-5-3-4-6-9-17/h2-10H2,1H3,(H2,15,18). The van der Waals surface area contributed by atoms with Gasteiger partial charge in [0, 0.05) is 13.0 Å². The minimum Gasteiger partial charge on any atom is -0.389 e. The van der Waals surface area contributed by atoms with Crippen molar-refractivity contribution in [3.05, 3.63) is 15.6 Å². The zero-order chi connectivity index (χ0) is 13.7. The van der Waals surface area contributed by atoms with E-state index in [4.69, 9.17) is 18.0 Å². The summed E-state index contributed by atoms with van der Waals surface area (Å²) in [5.41, 5.74) is 6.83. The van der Waals surface area contributed by atoms with Crippen LogP contribution in [0.3, 0.4) is 0 Å². The highest BCUT2D eigenvalue weighted by Gasteiger charge is 2.14. The molecule has 0 atom stereocenters. The summed E-state index contributed by atoms with van der Waals surface area (Å²) in [6.45, 7) is 5.71. The Morgan fingerprint density at radius 3 is 2.53 bits per heavy atom. The number of nitrogens with zero attached hydrogens (tertiary/aromatic N) is 2. The van der Waals surface area contributed by atoms with E-state index in [1.807, 2.05) is 0 Å². The number of thiocarbonyl (C=S) groups is 1. The summed E-state index contributed by atoms with van der Waals surface area (Å²) in [5, 5.41) is 1.18. The van der Waals surface area contributed by atoms with Gasteiger partial charge in [0.25, 0.3) is 0 Å². The number of rotatable bonds is 5. The molecule has 0 aromatic carbocycles. The molecule has 3 nitrogen and oxygen atoms in total. The Balaban J connectivity index is 1.93. The van der Waals surface area contributed by atoms with Crippen LogP contribution < -0.4 is 5.73 Å². The van der Waals surface area contributed by atoms with Crippen molar-refractivity contribution in [2.24, 2.45) is 5.73 Å². The summed E-state index contributed by atoms with van der Waals surface area (Å²) < 4.78 is 0. The molecule has 19 heavy (non-hydrogen) atoms. The van der Waals surface area contributed by atoms with Crippen molar-refractivity contribution in [3.8, 4) is 0 Å². The van der Waals surface area contributed by atoms with Crippen molar-refractivity contribution >= 4 is 28.5 Å². The van der Waals surface area contributed by atoms with Crippen LogP contribution in [0.25, 0.3) is 0 Å². The zero-order valence-corrected chi connectivity index (χ0v) is 13.3. The van der Waals surface area contributed by atoms with Crippen molar-refractivity contribution in [2.45, 2.75) is 45.4 Å². The number of nitrogens with two attached hydrogens (primary N) is 1. The highest BCUT2D eigenvalue weighted by molar-refractivity contribution is 7.81. The fraction of sp³-hybridized carbons (Fsp3) is 0.714. The molecule has 0 amide bonds. The molecule has 0 unspecified atom stereocenters. The molecule has 2 N–H and O–H groups in total. The van der Waals surface area contributed by atoms with Crippen LogP contribution in [0.15, 0.2) is 0 Å². The molecule has 1 fully saturated rings. The Labute approximate surface area is 125 Å². The van der Waals surface area contributed by atoms with Crippen LogP contribution in [0, 0.1) is 0 Å². The molecule has 0 bridgehead atoms. The second-order valence-electron chi connectivity index (χ2n) is 5.11. The summed E-state index contributed by atoms with van der Waals surface area (Å²) in [5.74, 6) is 0. The molecule has 5 heteroatoms. The fourth-order valence-corrected chi connectivity index (χ4v) is 3.79. The van der Waals surface area contributed by atoms with E-state index < -0.39 is 0 Å². The van der Waals surface area contributed by atoms with Gasteiger partial charge in [0.1, 0.15) is 4.99 Å². The van der Waals surface area contributed by atoms with Gasteiger partial charge in [-0.1, -0.05) is 32.0 Å². The van der Waals surface area contributed by atoms with E-state index in [0.29, 0.717) is 4.99 Å². The van der Waals surface area contributed by atoms with Gasteiger partial charge in [-0.25, -0.2) is 4.98 Å². The quantitative estimate of drug-likeness (QED) is 0.849. The van der Waals surface area contributed by atoms with Gasteiger partial charge in [-0.3, -0.25) is 0 Å². The second-order valence-corrected chi connectivity index (χ2v) is 6.63. The van der Waals surface area contributed by atoms with Gasteiger partial charge in [-0.2, -0.15) is 0 Å². The summed E-state index contributed by atoms with van der Waals surface area (Å²) in [6.07, 6.45) is 7.40. The minimum absolute atomic E-state index is 0.496. The average Bonchev–Trinajstić information content (AvgIpc) is 2.64. The average molecular weight is 297 g/mol. The fourth-order valence-electron chi connectivity index (χ4n) is 2.55. The van der Waals surface area contributed by atoms with Crippen LogP contribution in [0.2, 0.25) is 0 Å². The first-order valence-electron chi connectivity index (χ1n) is 7.21. The van der Waals surface area contributed by atoms with Crippen molar-refractivity contribution in [1.29, 1.82) is 0 Å². The highest BCUT2D eigenvalue weighted by Crippen LogP contribution is 2.20. The van der Waals surface area contributed by atoms with Crippen LogP contribution in [-0.4, -0.2) is 34.5 Å². The molecule has 106 valence electrons. The maximum Gasteiger partial charge on any atom is 0.116 e. The van der Waals surface area contributed by atoms with Crippen LogP contribution in [0.4, 0.5) is 0 Å².